The first-order valence-electron chi connectivity index (χ1n) is 4.47. The van der Waals surface area contributed by atoms with Gasteiger partial charge in [0.05, 0.1) is 12.7 Å². The Morgan fingerprint density at radius 3 is 2.93 bits per heavy atom. The predicted octanol–water partition coefficient (Wildman–Crippen LogP) is 0.124. The van der Waals surface area contributed by atoms with E-state index in [0.717, 1.165) is 11.4 Å². The molecule has 74 valence electrons. The molecule has 2 rings (SSSR count). The number of hydrogen-bond donors (Lipinski definition) is 1. The molecular formula is C9H13N5. The highest BCUT2D eigenvalue weighted by Crippen LogP contribution is 2.00. The fraction of sp³-hybridized carbons (Fsp3) is 0.333. The zero-order valence-electron chi connectivity index (χ0n) is 8.09. The number of nitrogens with zero attached hydrogens (tertiary/aromatic N) is 4. The third-order valence-electron chi connectivity index (χ3n) is 2.15. The maximum atomic E-state index is 5.49. The molecule has 0 aliphatic carbocycles. The molecule has 0 bridgehead atoms. The molecule has 0 saturated carbocycles. The van der Waals surface area contributed by atoms with E-state index < -0.39 is 0 Å². The molecule has 0 unspecified atom stereocenters. The molecule has 0 atom stereocenters. The normalized spacial score (nSPS) is 10.7. The molecule has 0 aromatic carbocycles. The van der Waals surface area contributed by atoms with Crippen LogP contribution in [0.1, 0.15) is 11.4 Å². The van der Waals surface area contributed by atoms with E-state index in [4.69, 9.17) is 5.73 Å². The van der Waals surface area contributed by atoms with Crippen molar-refractivity contribution in [2.45, 2.75) is 13.1 Å². The lowest BCUT2D eigenvalue weighted by atomic mass is 10.4. The van der Waals surface area contributed by atoms with Crippen molar-refractivity contribution < 1.29 is 0 Å². The number of rotatable bonds is 3. The van der Waals surface area contributed by atoms with E-state index in [1.54, 1.807) is 12.4 Å². The Hall–Kier alpha value is -1.62. The van der Waals surface area contributed by atoms with Crippen LogP contribution in [0.25, 0.3) is 0 Å². The number of nitrogens with two attached hydrogens (primary N) is 1. The largest absolute Gasteiger partial charge is 0.336 e. The van der Waals surface area contributed by atoms with Crippen molar-refractivity contribution >= 4 is 0 Å². The molecular weight excluding hydrogens is 178 g/mol. The fourth-order valence-corrected chi connectivity index (χ4v) is 1.29. The van der Waals surface area contributed by atoms with Crippen molar-refractivity contribution in [3.8, 4) is 0 Å². The van der Waals surface area contributed by atoms with Gasteiger partial charge in [-0.25, -0.2) is 4.98 Å². The lowest BCUT2D eigenvalue weighted by Crippen LogP contribution is -2.06. The highest BCUT2D eigenvalue weighted by Gasteiger charge is 2.01. The van der Waals surface area contributed by atoms with Gasteiger partial charge in [0.25, 0.3) is 0 Å². The maximum absolute atomic E-state index is 5.49. The first-order valence-corrected chi connectivity index (χ1v) is 4.47. The fourth-order valence-electron chi connectivity index (χ4n) is 1.29. The molecule has 0 aliphatic heterocycles. The Balaban J connectivity index is 2.15. The Morgan fingerprint density at radius 2 is 2.36 bits per heavy atom. The van der Waals surface area contributed by atoms with Crippen molar-refractivity contribution in [3.05, 3.63) is 36.2 Å². The van der Waals surface area contributed by atoms with Crippen LogP contribution in [0.3, 0.4) is 0 Å². The van der Waals surface area contributed by atoms with Crippen LogP contribution in [0, 0.1) is 0 Å². The van der Waals surface area contributed by atoms with Gasteiger partial charge in [-0.3, -0.25) is 4.68 Å². The Labute approximate surface area is 82.2 Å². The van der Waals surface area contributed by atoms with Crippen LogP contribution in [-0.2, 0) is 20.1 Å². The molecule has 0 saturated heterocycles. The second-order valence-corrected chi connectivity index (χ2v) is 3.20. The van der Waals surface area contributed by atoms with E-state index >= 15 is 0 Å². The van der Waals surface area contributed by atoms with Crippen molar-refractivity contribution in [2.75, 3.05) is 0 Å². The van der Waals surface area contributed by atoms with E-state index in [0.29, 0.717) is 13.1 Å². The molecule has 0 radical (unpaired) electrons. The van der Waals surface area contributed by atoms with Gasteiger partial charge < -0.3 is 10.3 Å². The van der Waals surface area contributed by atoms with Crippen molar-refractivity contribution in [1.82, 2.24) is 19.3 Å². The van der Waals surface area contributed by atoms with Gasteiger partial charge in [-0.1, -0.05) is 0 Å². The Morgan fingerprint density at radius 1 is 1.50 bits per heavy atom. The van der Waals surface area contributed by atoms with Gasteiger partial charge in [0, 0.05) is 37.7 Å². The first kappa shape index (κ1) is 8.96. The molecule has 2 heterocycles. The molecule has 14 heavy (non-hydrogen) atoms. The van der Waals surface area contributed by atoms with Crippen LogP contribution in [-0.4, -0.2) is 19.3 Å². The summed E-state index contributed by atoms with van der Waals surface area (Å²) < 4.78 is 3.81. The van der Waals surface area contributed by atoms with Gasteiger partial charge in [0.1, 0.15) is 5.82 Å². The lowest BCUT2D eigenvalue weighted by molar-refractivity contribution is 0.631. The summed E-state index contributed by atoms with van der Waals surface area (Å²) in [5.74, 6) is 0.983. The topological polar surface area (TPSA) is 61.7 Å². The minimum Gasteiger partial charge on any atom is -0.336 e. The molecule has 2 aromatic heterocycles. The molecule has 0 fully saturated rings. The monoisotopic (exact) mass is 191 g/mol. The van der Waals surface area contributed by atoms with Gasteiger partial charge in [0.2, 0.25) is 0 Å². The molecule has 0 spiro atoms. The zero-order valence-corrected chi connectivity index (χ0v) is 8.09. The summed E-state index contributed by atoms with van der Waals surface area (Å²) in [6.45, 7) is 1.21. The van der Waals surface area contributed by atoms with Crippen molar-refractivity contribution in [1.29, 1.82) is 0 Å². The summed E-state index contributed by atoms with van der Waals surface area (Å²) in [7, 11) is 1.97. The van der Waals surface area contributed by atoms with Crippen LogP contribution >= 0.6 is 0 Å². The second-order valence-electron chi connectivity index (χ2n) is 3.20. The van der Waals surface area contributed by atoms with Gasteiger partial charge in [0.15, 0.2) is 0 Å². The third-order valence-corrected chi connectivity index (χ3v) is 2.15. The predicted molar refractivity (Wildman–Crippen MR) is 52.4 cm³/mol. The van der Waals surface area contributed by atoms with E-state index in [1.165, 1.54) is 0 Å². The summed E-state index contributed by atoms with van der Waals surface area (Å²) in [4.78, 5) is 4.22. The zero-order chi connectivity index (χ0) is 9.97. The highest BCUT2D eigenvalue weighted by atomic mass is 15.3. The molecule has 5 nitrogen and oxygen atoms in total. The highest BCUT2D eigenvalue weighted by molar-refractivity contribution is 5.04. The summed E-state index contributed by atoms with van der Waals surface area (Å²) in [6.07, 6.45) is 7.42. The van der Waals surface area contributed by atoms with Crippen LogP contribution in [0.4, 0.5) is 0 Å². The molecule has 2 aromatic rings. The lowest BCUT2D eigenvalue weighted by Gasteiger charge is -2.01. The number of aryl methyl sites for hydroxylation is 1. The maximum Gasteiger partial charge on any atom is 0.130 e. The first-order chi connectivity index (χ1) is 6.79. The quantitative estimate of drug-likeness (QED) is 0.749. The number of imidazole rings is 1. The Kier molecular flexibility index (Phi) is 2.32. The SMILES string of the molecule is Cn1ccnc1Cn1cc(CN)cn1. The van der Waals surface area contributed by atoms with Gasteiger partial charge in [-0.2, -0.15) is 5.10 Å². The number of aromatic nitrogens is 4. The number of hydrogen-bond acceptors (Lipinski definition) is 3. The summed E-state index contributed by atoms with van der Waals surface area (Å²) >= 11 is 0. The van der Waals surface area contributed by atoms with Crippen LogP contribution < -0.4 is 5.73 Å². The van der Waals surface area contributed by atoms with Gasteiger partial charge in [-0.05, 0) is 0 Å². The second kappa shape index (κ2) is 3.63. The van der Waals surface area contributed by atoms with E-state index in [9.17, 15) is 0 Å². The van der Waals surface area contributed by atoms with Gasteiger partial charge in [-0.15, -0.1) is 0 Å². The molecule has 0 aliphatic rings. The van der Waals surface area contributed by atoms with Crippen molar-refractivity contribution in [2.24, 2.45) is 12.8 Å². The molecule has 2 N–H and O–H groups in total. The summed E-state index contributed by atoms with van der Waals surface area (Å²) in [6, 6.07) is 0. The van der Waals surface area contributed by atoms with Crippen LogP contribution in [0.15, 0.2) is 24.8 Å². The molecule has 5 heteroatoms. The molecule has 0 amide bonds. The van der Waals surface area contributed by atoms with Crippen molar-refractivity contribution in [3.63, 3.8) is 0 Å². The standard InChI is InChI=1S/C9H13N5/c1-13-3-2-11-9(13)7-14-6-8(4-10)5-12-14/h2-3,5-6H,4,7,10H2,1H3. The van der Waals surface area contributed by atoms with E-state index in [2.05, 4.69) is 10.1 Å². The average Bonchev–Trinajstić information content (AvgIpc) is 2.77. The average molecular weight is 191 g/mol. The van der Waals surface area contributed by atoms with Gasteiger partial charge >= 0.3 is 0 Å². The minimum atomic E-state index is 0.528. The van der Waals surface area contributed by atoms with Crippen LogP contribution in [0.2, 0.25) is 0 Å². The summed E-state index contributed by atoms with van der Waals surface area (Å²) in [5, 5.41) is 4.19. The minimum absolute atomic E-state index is 0.528. The van der Waals surface area contributed by atoms with E-state index in [1.807, 2.05) is 28.7 Å². The third kappa shape index (κ3) is 1.67. The van der Waals surface area contributed by atoms with Crippen LogP contribution in [0.5, 0.6) is 0 Å². The summed E-state index contributed by atoms with van der Waals surface area (Å²) in [5.41, 5.74) is 6.53. The smallest absolute Gasteiger partial charge is 0.130 e. The van der Waals surface area contributed by atoms with E-state index in [-0.39, 0.29) is 0 Å². The Bertz CT molecular complexity index is 414.